The van der Waals surface area contributed by atoms with Gasteiger partial charge in [-0.1, -0.05) is 25.1 Å². The summed E-state index contributed by atoms with van der Waals surface area (Å²) in [6, 6.07) is 7.71. The molecule has 0 aromatic heterocycles. The molecule has 0 aliphatic rings. The second-order valence-corrected chi connectivity index (χ2v) is 4.04. The minimum Gasteiger partial charge on any atom is -0.399 e. The van der Waals surface area contributed by atoms with Crippen LogP contribution in [0.15, 0.2) is 35.9 Å². The number of carbonyl (C=O) groups excluding carboxylic acids is 1. The second kappa shape index (κ2) is 6.74. The van der Waals surface area contributed by atoms with Gasteiger partial charge in [0.2, 0.25) is 5.91 Å². The van der Waals surface area contributed by atoms with Gasteiger partial charge in [-0.2, -0.15) is 0 Å². The molecule has 1 amide bonds. The van der Waals surface area contributed by atoms with Gasteiger partial charge < -0.3 is 11.1 Å². The summed E-state index contributed by atoms with van der Waals surface area (Å²) in [5.41, 5.74) is 8.32. The van der Waals surface area contributed by atoms with Crippen LogP contribution >= 0.6 is 0 Å². The van der Waals surface area contributed by atoms with Crippen molar-refractivity contribution in [2.45, 2.75) is 26.7 Å². The molecule has 0 atom stereocenters. The molecular weight excluding hydrogens is 212 g/mol. The molecule has 0 fully saturated rings. The van der Waals surface area contributed by atoms with Crippen molar-refractivity contribution < 1.29 is 4.79 Å². The van der Waals surface area contributed by atoms with E-state index in [2.05, 4.69) is 5.32 Å². The minimum atomic E-state index is 0.0160. The van der Waals surface area contributed by atoms with E-state index in [1.54, 1.807) is 0 Å². The van der Waals surface area contributed by atoms with E-state index in [9.17, 15) is 4.79 Å². The first-order chi connectivity index (χ1) is 8.13. The number of nitrogens with two attached hydrogens (primary N) is 1. The third-order valence-corrected chi connectivity index (χ3v) is 2.55. The lowest BCUT2D eigenvalue weighted by molar-refractivity contribution is -0.117. The molecule has 0 aliphatic carbocycles. The lowest BCUT2D eigenvalue weighted by Gasteiger charge is -2.05. The number of nitrogens with one attached hydrogen (secondary N) is 1. The average molecular weight is 232 g/mol. The highest BCUT2D eigenvalue weighted by molar-refractivity contribution is 5.92. The number of amides is 1. The highest BCUT2D eigenvalue weighted by atomic mass is 16.1. The Morgan fingerprint density at radius 1 is 1.35 bits per heavy atom. The van der Waals surface area contributed by atoms with Crippen LogP contribution in [0.5, 0.6) is 0 Å². The van der Waals surface area contributed by atoms with Crippen LogP contribution in [-0.2, 0) is 11.2 Å². The molecule has 17 heavy (non-hydrogen) atoms. The van der Waals surface area contributed by atoms with Gasteiger partial charge in [0.15, 0.2) is 0 Å². The van der Waals surface area contributed by atoms with E-state index in [-0.39, 0.29) is 5.91 Å². The highest BCUT2D eigenvalue weighted by Gasteiger charge is 2.02. The van der Waals surface area contributed by atoms with Crippen LogP contribution in [0.3, 0.4) is 0 Å². The van der Waals surface area contributed by atoms with Crippen molar-refractivity contribution in [1.82, 2.24) is 5.32 Å². The first-order valence-corrected chi connectivity index (χ1v) is 5.93. The van der Waals surface area contributed by atoms with Crippen LogP contribution in [0.2, 0.25) is 0 Å². The Balaban J connectivity index is 2.35. The van der Waals surface area contributed by atoms with Crippen LogP contribution in [0, 0.1) is 0 Å². The summed E-state index contributed by atoms with van der Waals surface area (Å²) in [6.07, 6.45) is 3.64. The smallest absolute Gasteiger partial charge is 0.246 e. The number of hydrogen-bond donors (Lipinski definition) is 2. The second-order valence-electron chi connectivity index (χ2n) is 4.04. The van der Waals surface area contributed by atoms with Crippen LogP contribution in [0.4, 0.5) is 5.69 Å². The average Bonchev–Trinajstić information content (AvgIpc) is 2.32. The zero-order valence-electron chi connectivity index (χ0n) is 10.5. The number of hydrogen-bond acceptors (Lipinski definition) is 2. The summed E-state index contributed by atoms with van der Waals surface area (Å²) < 4.78 is 0. The van der Waals surface area contributed by atoms with Crippen molar-refractivity contribution in [3.63, 3.8) is 0 Å². The lowest BCUT2D eigenvalue weighted by atomic mass is 10.1. The number of carbonyl (C=O) groups is 1. The summed E-state index contributed by atoms with van der Waals surface area (Å²) in [6.45, 7) is 4.50. The van der Waals surface area contributed by atoms with Crippen LogP contribution < -0.4 is 11.1 Å². The number of benzene rings is 1. The molecule has 0 saturated carbocycles. The molecule has 0 radical (unpaired) electrons. The fraction of sp³-hybridized carbons (Fsp3) is 0.357. The van der Waals surface area contributed by atoms with Crippen molar-refractivity contribution in [2.75, 3.05) is 12.3 Å². The summed E-state index contributed by atoms with van der Waals surface area (Å²) in [7, 11) is 0. The Morgan fingerprint density at radius 3 is 2.59 bits per heavy atom. The van der Waals surface area contributed by atoms with Gasteiger partial charge in [0, 0.05) is 17.8 Å². The van der Waals surface area contributed by atoms with Crippen molar-refractivity contribution in [3.05, 3.63) is 41.5 Å². The zero-order valence-corrected chi connectivity index (χ0v) is 10.5. The molecule has 0 saturated heterocycles. The molecular formula is C14H20N2O. The van der Waals surface area contributed by atoms with Crippen molar-refractivity contribution in [2.24, 2.45) is 0 Å². The third-order valence-electron chi connectivity index (χ3n) is 2.55. The van der Waals surface area contributed by atoms with E-state index in [1.165, 1.54) is 5.56 Å². The monoisotopic (exact) mass is 232 g/mol. The lowest BCUT2D eigenvalue weighted by Crippen LogP contribution is -2.26. The molecule has 3 N–H and O–H groups in total. The van der Waals surface area contributed by atoms with Crippen molar-refractivity contribution >= 4 is 11.6 Å². The molecule has 1 aromatic carbocycles. The Hall–Kier alpha value is -1.77. The zero-order chi connectivity index (χ0) is 12.7. The number of nitrogen functional groups attached to an aromatic ring is 1. The molecule has 0 bridgehead atoms. The van der Waals surface area contributed by atoms with Gasteiger partial charge in [0.25, 0.3) is 0 Å². The maximum Gasteiger partial charge on any atom is 0.246 e. The standard InChI is InChI=1S/C14H20N2O/c1-3-4-11(2)14(17)16-10-9-12-5-7-13(15)8-6-12/h4-8H,3,9-10,15H2,1-2H3,(H,16,17). The van der Waals surface area contributed by atoms with Gasteiger partial charge in [0.05, 0.1) is 0 Å². The Kier molecular flexibility index (Phi) is 5.27. The Labute approximate surface area is 103 Å². The van der Waals surface area contributed by atoms with Gasteiger partial charge in [-0.25, -0.2) is 0 Å². The van der Waals surface area contributed by atoms with Gasteiger partial charge in [-0.15, -0.1) is 0 Å². The molecule has 0 heterocycles. The molecule has 0 aliphatic heterocycles. The van der Waals surface area contributed by atoms with Crippen LogP contribution in [0.25, 0.3) is 0 Å². The van der Waals surface area contributed by atoms with Crippen molar-refractivity contribution in [1.29, 1.82) is 0 Å². The summed E-state index contributed by atoms with van der Waals surface area (Å²) in [4.78, 5) is 11.6. The SMILES string of the molecule is CCC=C(C)C(=O)NCCc1ccc(N)cc1. The number of anilines is 1. The van der Waals surface area contributed by atoms with E-state index in [0.717, 1.165) is 24.1 Å². The number of allylic oxidation sites excluding steroid dienone is 1. The third kappa shape index (κ3) is 4.72. The van der Waals surface area contributed by atoms with Gasteiger partial charge in [0.1, 0.15) is 0 Å². The van der Waals surface area contributed by atoms with E-state index < -0.39 is 0 Å². The molecule has 0 unspecified atom stereocenters. The normalized spacial score (nSPS) is 11.3. The van der Waals surface area contributed by atoms with Crippen LogP contribution in [-0.4, -0.2) is 12.5 Å². The molecule has 1 aromatic rings. The fourth-order valence-corrected chi connectivity index (χ4v) is 1.54. The Morgan fingerprint density at radius 2 is 2.00 bits per heavy atom. The molecule has 92 valence electrons. The summed E-state index contributed by atoms with van der Waals surface area (Å²) in [5, 5.41) is 2.89. The van der Waals surface area contributed by atoms with Gasteiger partial charge in [-0.05, 0) is 37.5 Å². The van der Waals surface area contributed by atoms with Gasteiger partial charge in [-0.3, -0.25) is 4.79 Å². The maximum atomic E-state index is 11.6. The molecule has 3 heteroatoms. The molecule has 0 spiro atoms. The van der Waals surface area contributed by atoms with E-state index >= 15 is 0 Å². The van der Waals surface area contributed by atoms with Crippen LogP contribution in [0.1, 0.15) is 25.8 Å². The highest BCUT2D eigenvalue weighted by Crippen LogP contribution is 2.05. The predicted molar refractivity (Wildman–Crippen MR) is 71.6 cm³/mol. The predicted octanol–water partition coefficient (Wildman–Crippen LogP) is 2.28. The minimum absolute atomic E-state index is 0.0160. The summed E-state index contributed by atoms with van der Waals surface area (Å²) in [5.74, 6) is 0.0160. The van der Waals surface area contributed by atoms with Gasteiger partial charge >= 0.3 is 0 Å². The first kappa shape index (κ1) is 13.3. The first-order valence-electron chi connectivity index (χ1n) is 5.93. The largest absolute Gasteiger partial charge is 0.399 e. The fourth-order valence-electron chi connectivity index (χ4n) is 1.54. The van der Waals surface area contributed by atoms with E-state index in [4.69, 9.17) is 5.73 Å². The number of rotatable bonds is 5. The topological polar surface area (TPSA) is 55.1 Å². The molecule has 1 rings (SSSR count). The maximum absolute atomic E-state index is 11.6. The molecule has 3 nitrogen and oxygen atoms in total. The quantitative estimate of drug-likeness (QED) is 0.604. The van der Waals surface area contributed by atoms with E-state index in [1.807, 2.05) is 44.2 Å². The summed E-state index contributed by atoms with van der Waals surface area (Å²) >= 11 is 0. The van der Waals surface area contributed by atoms with E-state index in [0.29, 0.717) is 6.54 Å². The Bertz CT molecular complexity index is 393. The van der Waals surface area contributed by atoms with Crippen molar-refractivity contribution in [3.8, 4) is 0 Å².